The molecule has 0 aliphatic rings. The molecule has 36 heavy (non-hydrogen) atoms. The van der Waals surface area contributed by atoms with Gasteiger partial charge in [-0.15, -0.1) is 0 Å². The molecular formula is C32H60O4. The molecular weight excluding hydrogens is 448 g/mol. The van der Waals surface area contributed by atoms with Gasteiger partial charge in [-0.05, 0) is 57.8 Å². The first kappa shape index (κ1) is 34.7. The third-order valence-corrected chi connectivity index (χ3v) is 6.99. The maximum Gasteiger partial charge on any atom is 0.306 e. The Morgan fingerprint density at radius 2 is 1.03 bits per heavy atom. The van der Waals surface area contributed by atoms with Crippen molar-refractivity contribution >= 4 is 11.9 Å². The first-order valence-corrected chi connectivity index (χ1v) is 15.7. The molecule has 1 N–H and O–H groups in total. The molecule has 0 aromatic rings. The molecule has 0 aromatic heterocycles. The molecule has 0 saturated carbocycles. The molecule has 0 heterocycles. The number of carboxylic acids is 1. The van der Waals surface area contributed by atoms with Crippen LogP contribution in [0.3, 0.4) is 0 Å². The summed E-state index contributed by atoms with van der Waals surface area (Å²) in [6.07, 6.45) is 32.1. The second-order valence-electron chi connectivity index (χ2n) is 10.6. The van der Waals surface area contributed by atoms with Gasteiger partial charge in [-0.1, -0.05) is 116 Å². The average molecular weight is 509 g/mol. The van der Waals surface area contributed by atoms with Crippen LogP contribution in [-0.4, -0.2) is 23.1 Å². The lowest BCUT2D eigenvalue weighted by molar-refractivity contribution is -0.150. The molecule has 0 radical (unpaired) electrons. The van der Waals surface area contributed by atoms with Gasteiger partial charge in [-0.2, -0.15) is 0 Å². The van der Waals surface area contributed by atoms with Crippen LogP contribution in [0.2, 0.25) is 0 Å². The summed E-state index contributed by atoms with van der Waals surface area (Å²) in [6, 6.07) is 0. The van der Waals surface area contributed by atoms with E-state index in [2.05, 4.69) is 26.0 Å². The molecule has 0 spiro atoms. The first-order valence-electron chi connectivity index (χ1n) is 15.7. The fourth-order valence-electron chi connectivity index (χ4n) is 4.63. The molecule has 212 valence electrons. The summed E-state index contributed by atoms with van der Waals surface area (Å²) in [5.41, 5.74) is 0. The van der Waals surface area contributed by atoms with E-state index in [9.17, 15) is 9.59 Å². The van der Waals surface area contributed by atoms with E-state index >= 15 is 0 Å². The number of esters is 1. The number of allylic oxidation sites excluding steroid dienone is 2. The van der Waals surface area contributed by atoms with E-state index in [1.54, 1.807) is 0 Å². The van der Waals surface area contributed by atoms with Crippen molar-refractivity contribution in [3.05, 3.63) is 12.2 Å². The Balaban J connectivity index is 3.96. The van der Waals surface area contributed by atoms with Crippen molar-refractivity contribution in [1.82, 2.24) is 0 Å². The van der Waals surface area contributed by atoms with Crippen LogP contribution in [0.4, 0.5) is 0 Å². The van der Waals surface area contributed by atoms with Gasteiger partial charge in [0.05, 0.1) is 0 Å². The van der Waals surface area contributed by atoms with E-state index < -0.39 is 5.97 Å². The second-order valence-corrected chi connectivity index (χ2v) is 10.6. The van der Waals surface area contributed by atoms with Crippen molar-refractivity contribution in [2.75, 3.05) is 0 Å². The van der Waals surface area contributed by atoms with Crippen molar-refractivity contribution in [2.45, 2.75) is 180 Å². The molecule has 0 aromatic carbocycles. The smallest absolute Gasteiger partial charge is 0.306 e. The monoisotopic (exact) mass is 508 g/mol. The van der Waals surface area contributed by atoms with Crippen LogP contribution in [0.5, 0.6) is 0 Å². The number of ether oxygens (including phenoxy) is 1. The zero-order valence-corrected chi connectivity index (χ0v) is 24.1. The fraction of sp³-hybridized carbons (Fsp3) is 0.875. The normalized spacial score (nSPS) is 12.3. The van der Waals surface area contributed by atoms with Crippen LogP contribution in [0, 0.1) is 0 Å². The van der Waals surface area contributed by atoms with Gasteiger partial charge >= 0.3 is 11.9 Å². The number of carbonyl (C=O) groups is 2. The zero-order valence-electron chi connectivity index (χ0n) is 24.1. The summed E-state index contributed by atoms with van der Waals surface area (Å²) in [6.45, 7) is 4.48. The summed E-state index contributed by atoms with van der Waals surface area (Å²) in [5.74, 6) is -0.810. The summed E-state index contributed by atoms with van der Waals surface area (Å²) in [4.78, 5) is 23.2. The zero-order chi connectivity index (χ0) is 26.5. The highest BCUT2D eigenvalue weighted by atomic mass is 16.5. The lowest BCUT2D eigenvalue weighted by atomic mass is 10.0. The largest absolute Gasteiger partial charge is 0.481 e. The van der Waals surface area contributed by atoms with Crippen LogP contribution in [0.25, 0.3) is 0 Å². The standard InChI is InChI=1S/C32H60O4/c1-3-5-7-9-11-13-15-17-19-21-23-29-32(35)36-30(27-24-25-28-31(33)34)26-22-20-18-16-14-12-10-8-6-4-2/h9,11,30H,3-8,10,12-29H2,1-2H3,(H,33,34)/b11-9-. The Kier molecular flexibility index (Phi) is 27.2. The van der Waals surface area contributed by atoms with Gasteiger partial charge in [-0.3, -0.25) is 9.59 Å². The Morgan fingerprint density at radius 3 is 1.61 bits per heavy atom. The van der Waals surface area contributed by atoms with Gasteiger partial charge in [0, 0.05) is 12.8 Å². The SMILES string of the molecule is CCCC/C=C\CCCCCCCC(=O)OC(CCCCCCCCCCCC)CCCCC(=O)O. The van der Waals surface area contributed by atoms with E-state index in [0.717, 1.165) is 38.5 Å². The van der Waals surface area contributed by atoms with Crippen molar-refractivity contribution in [3.63, 3.8) is 0 Å². The maximum absolute atomic E-state index is 12.4. The minimum absolute atomic E-state index is 0.0418. The highest BCUT2D eigenvalue weighted by Gasteiger charge is 2.14. The molecule has 4 nitrogen and oxygen atoms in total. The molecule has 4 heteroatoms. The molecule has 0 bridgehead atoms. The Morgan fingerprint density at radius 1 is 0.583 bits per heavy atom. The van der Waals surface area contributed by atoms with Crippen molar-refractivity contribution in [2.24, 2.45) is 0 Å². The van der Waals surface area contributed by atoms with Gasteiger partial charge in [0.25, 0.3) is 0 Å². The number of carboxylic acid groups (broad SMARTS) is 1. The van der Waals surface area contributed by atoms with E-state index in [1.807, 2.05) is 0 Å². The third kappa shape index (κ3) is 27.3. The topological polar surface area (TPSA) is 63.6 Å². The number of aliphatic carboxylic acids is 1. The summed E-state index contributed by atoms with van der Waals surface area (Å²) in [5, 5.41) is 8.87. The number of rotatable bonds is 28. The molecule has 0 amide bonds. The minimum Gasteiger partial charge on any atom is -0.481 e. The van der Waals surface area contributed by atoms with Crippen LogP contribution in [0.15, 0.2) is 12.2 Å². The summed E-state index contributed by atoms with van der Waals surface area (Å²) < 4.78 is 5.84. The van der Waals surface area contributed by atoms with E-state index in [-0.39, 0.29) is 18.5 Å². The Hall–Kier alpha value is -1.32. The molecule has 1 atom stereocenters. The van der Waals surface area contributed by atoms with E-state index in [4.69, 9.17) is 9.84 Å². The second kappa shape index (κ2) is 28.3. The van der Waals surface area contributed by atoms with Gasteiger partial charge in [0.1, 0.15) is 6.10 Å². The number of hydrogen-bond donors (Lipinski definition) is 1. The van der Waals surface area contributed by atoms with Crippen LogP contribution < -0.4 is 0 Å². The maximum atomic E-state index is 12.4. The molecule has 1 unspecified atom stereocenters. The lowest BCUT2D eigenvalue weighted by Gasteiger charge is -2.18. The predicted molar refractivity (Wildman–Crippen MR) is 153 cm³/mol. The number of unbranched alkanes of at least 4 members (excludes halogenated alkanes) is 17. The highest BCUT2D eigenvalue weighted by molar-refractivity contribution is 5.69. The van der Waals surface area contributed by atoms with Crippen molar-refractivity contribution in [3.8, 4) is 0 Å². The lowest BCUT2D eigenvalue weighted by Crippen LogP contribution is -2.18. The van der Waals surface area contributed by atoms with Crippen molar-refractivity contribution in [1.29, 1.82) is 0 Å². The van der Waals surface area contributed by atoms with Gasteiger partial charge in [0.15, 0.2) is 0 Å². The molecule has 0 aliphatic heterocycles. The summed E-state index contributed by atoms with van der Waals surface area (Å²) in [7, 11) is 0. The molecule has 0 aliphatic carbocycles. The van der Waals surface area contributed by atoms with Crippen LogP contribution in [0.1, 0.15) is 174 Å². The van der Waals surface area contributed by atoms with Crippen LogP contribution in [-0.2, 0) is 14.3 Å². The average Bonchev–Trinajstić information content (AvgIpc) is 2.85. The summed E-state index contributed by atoms with van der Waals surface area (Å²) >= 11 is 0. The Bertz CT molecular complexity index is 514. The Labute approximate surface area is 224 Å². The number of carbonyl (C=O) groups excluding carboxylic acids is 1. The number of hydrogen-bond acceptors (Lipinski definition) is 3. The highest BCUT2D eigenvalue weighted by Crippen LogP contribution is 2.18. The van der Waals surface area contributed by atoms with Crippen molar-refractivity contribution < 1.29 is 19.4 Å². The predicted octanol–water partition coefficient (Wildman–Crippen LogP) is 10.3. The van der Waals surface area contributed by atoms with Gasteiger partial charge < -0.3 is 9.84 Å². The minimum atomic E-state index is -0.745. The molecule has 0 saturated heterocycles. The molecule has 0 rings (SSSR count). The van der Waals surface area contributed by atoms with Gasteiger partial charge in [0.2, 0.25) is 0 Å². The van der Waals surface area contributed by atoms with E-state index in [1.165, 1.54) is 103 Å². The first-order chi connectivity index (χ1) is 17.6. The molecule has 0 fully saturated rings. The van der Waals surface area contributed by atoms with Crippen LogP contribution >= 0.6 is 0 Å². The third-order valence-electron chi connectivity index (χ3n) is 6.99. The fourth-order valence-corrected chi connectivity index (χ4v) is 4.63. The van der Waals surface area contributed by atoms with Gasteiger partial charge in [-0.25, -0.2) is 0 Å². The van der Waals surface area contributed by atoms with E-state index in [0.29, 0.717) is 12.8 Å². The quantitative estimate of drug-likeness (QED) is 0.0648.